The number of benzene rings is 1. The molecule has 1 aromatic carbocycles. The minimum atomic E-state index is -3.91. The summed E-state index contributed by atoms with van der Waals surface area (Å²) < 4.78 is 32.2. The number of rotatable bonds is 6. The van der Waals surface area contributed by atoms with E-state index in [2.05, 4.69) is 4.72 Å². The zero-order valence-corrected chi connectivity index (χ0v) is 13.6. The van der Waals surface area contributed by atoms with Gasteiger partial charge in [-0.15, -0.1) is 0 Å². The van der Waals surface area contributed by atoms with Crippen LogP contribution in [0.4, 0.5) is 0 Å². The number of ether oxygens (including phenoxy) is 1. The van der Waals surface area contributed by atoms with Gasteiger partial charge < -0.3 is 9.84 Å². The van der Waals surface area contributed by atoms with Gasteiger partial charge in [0.05, 0.1) is 12.0 Å². The molecule has 21 heavy (non-hydrogen) atoms. The number of carbonyl (C=O) groups is 1. The fourth-order valence-electron chi connectivity index (χ4n) is 1.97. The van der Waals surface area contributed by atoms with Crippen LogP contribution >= 0.6 is 0 Å². The van der Waals surface area contributed by atoms with E-state index in [0.29, 0.717) is 16.9 Å². The summed E-state index contributed by atoms with van der Waals surface area (Å²) in [5, 5.41) is 9.11. The number of methoxy groups -OCH3 is 1. The van der Waals surface area contributed by atoms with Crippen LogP contribution in [0.25, 0.3) is 0 Å². The molecular weight excluding hydrogens is 294 g/mol. The predicted molar refractivity (Wildman–Crippen MR) is 79.1 cm³/mol. The summed E-state index contributed by atoms with van der Waals surface area (Å²) in [4.78, 5) is 11.2. The average molecular weight is 315 g/mol. The Hall–Kier alpha value is -1.60. The van der Waals surface area contributed by atoms with Crippen LogP contribution in [0.2, 0.25) is 0 Å². The first-order valence-corrected chi connectivity index (χ1v) is 7.98. The molecule has 0 aromatic heterocycles. The number of aryl methyl sites for hydroxylation is 2. The summed E-state index contributed by atoms with van der Waals surface area (Å²) >= 11 is 0. The van der Waals surface area contributed by atoms with E-state index in [0.717, 1.165) is 0 Å². The molecule has 1 rings (SSSR count). The Labute approximate surface area is 125 Å². The van der Waals surface area contributed by atoms with Crippen LogP contribution in [0, 0.1) is 19.8 Å². The lowest BCUT2D eigenvalue weighted by molar-refractivity contribution is -0.140. The van der Waals surface area contributed by atoms with E-state index in [4.69, 9.17) is 9.84 Å². The molecule has 0 aliphatic rings. The monoisotopic (exact) mass is 315 g/mol. The number of sulfonamides is 1. The van der Waals surface area contributed by atoms with Crippen molar-refractivity contribution in [3.8, 4) is 5.75 Å². The molecule has 1 atom stereocenters. The smallest absolute Gasteiger partial charge is 0.322 e. The molecule has 0 heterocycles. The number of hydrogen-bond donors (Lipinski definition) is 2. The molecule has 0 saturated carbocycles. The van der Waals surface area contributed by atoms with Gasteiger partial charge >= 0.3 is 5.97 Å². The topological polar surface area (TPSA) is 92.7 Å². The fraction of sp³-hybridized carbons (Fsp3) is 0.500. The number of carboxylic acids is 1. The third-order valence-electron chi connectivity index (χ3n) is 3.20. The lowest BCUT2D eigenvalue weighted by Crippen LogP contribution is -2.44. The first-order valence-electron chi connectivity index (χ1n) is 6.50. The van der Waals surface area contributed by atoms with Crippen LogP contribution in [0.3, 0.4) is 0 Å². The normalized spacial score (nSPS) is 13.2. The summed E-state index contributed by atoms with van der Waals surface area (Å²) in [5.74, 6) is -0.974. The Balaban J connectivity index is 3.25. The first-order chi connectivity index (χ1) is 9.60. The van der Waals surface area contributed by atoms with Gasteiger partial charge in [-0.3, -0.25) is 4.79 Å². The van der Waals surface area contributed by atoms with Crippen molar-refractivity contribution < 1.29 is 23.1 Å². The SMILES string of the molecule is COc1cc(C)c(S(=O)(=O)N[C@H](C(=O)O)C(C)C)cc1C. The molecule has 2 N–H and O–H groups in total. The van der Waals surface area contributed by atoms with Crippen molar-refractivity contribution in [2.75, 3.05) is 7.11 Å². The Morgan fingerprint density at radius 2 is 1.81 bits per heavy atom. The maximum absolute atomic E-state index is 12.4. The van der Waals surface area contributed by atoms with Crippen molar-refractivity contribution in [1.29, 1.82) is 0 Å². The highest BCUT2D eigenvalue weighted by Crippen LogP contribution is 2.26. The summed E-state index contributed by atoms with van der Waals surface area (Å²) in [6, 6.07) is 1.93. The molecular formula is C14H21NO5S. The van der Waals surface area contributed by atoms with Crippen LogP contribution in [0.15, 0.2) is 17.0 Å². The molecule has 0 fully saturated rings. The summed E-state index contributed by atoms with van der Waals surface area (Å²) in [6.45, 7) is 6.66. The van der Waals surface area contributed by atoms with Gasteiger partial charge in [-0.05, 0) is 43.0 Å². The van der Waals surface area contributed by atoms with Gasteiger partial charge in [0.25, 0.3) is 0 Å². The zero-order chi connectivity index (χ0) is 16.4. The Morgan fingerprint density at radius 1 is 1.24 bits per heavy atom. The maximum Gasteiger partial charge on any atom is 0.322 e. The number of carboxylic acid groups (broad SMARTS) is 1. The maximum atomic E-state index is 12.4. The molecule has 0 bridgehead atoms. The van der Waals surface area contributed by atoms with E-state index in [9.17, 15) is 13.2 Å². The molecule has 0 saturated heterocycles. The van der Waals surface area contributed by atoms with Crippen molar-refractivity contribution in [3.63, 3.8) is 0 Å². The molecule has 0 spiro atoms. The molecule has 0 radical (unpaired) electrons. The largest absolute Gasteiger partial charge is 0.496 e. The lowest BCUT2D eigenvalue weighted by Gasteiger charge is -2.19. The van der Waals surface area contributed by atoms with Gasteiger partial charge in [0.1, 0.15) is 11.8 Å². The first kappa shape index (κ1) is 17.5. The Bertz CT molecular complexity index is 637. The highest BCUT2D eigenvalue weighted by molar-refractivity contribution is 7.89. The van der Waals surface area contributed by atoms with Crippen molar-refractivity contribution in [2.24, 2.45) is 5.92 Å². The second-order valence-corrected chi connectivity index (χ2v) is 6.95. The van der Waals surface area contributed by atoms with Gasteiger partial charge in [-0.25, -0.2) is 8.42 Å². The third kappa shape index (κ3) is 3.95. The molecule has 7 heteroatoms. The second kappa shape index (κ2) is 6.44. The van der Waals surface area contributed by atoms with E-state index < -0.39 is 22.0 Å². The van der Waals surface area contributed by atoms with Gasteiger partial charge in [0.15, 0.2) is 0 Å². The minimum Gasteiger partial charge on any atom is -0.496 e. The summed E-state index contributed by atoms with van der Waals surface area (Å²) in [6.07, 6.45) is 0. The standard InChI is InChI=1S/C14H21NO5S/c1-8(2)13(14(16)17)15-21(18,19)12-7-9(3)11(20-5)6-10(12)4/h6-8,13,15H,1-5H3,(H,16,17)/t13-/m0/s1. The van der Waals surface area contributed by atoms with Crippen LogP contribution < -0.4 is 9.46 Å². The van der Waals surface area contributed by atoms with E-state index in [1.54, 1.807) is 33.8 Å². The Morgan fingerprint density at radius 3 is 2.24 bits per heavy atom. The summed E-state index contributed by atoms with van der Waals surface area (Å²) in [5.41, 5.74) is 1.16. The minimum absolute atomic E-state index is 0.0627. The van der Waals surface area contributed by atoms with Crippen molar-refractivity contribution in [2.45, 2.75) is 38.6 Å². The number of nitrogens with one attached hydrogen (secondary N) is 1. The third-order valence-corrected chi connectivity index (χ3v) is 4.78. The number of hydrogen-bond acceptors (Lipinski definition) is 4. The predicted octanol–water partition coefficient (Wildman–Crippen LogP) is 1.70. The van der Waals surface area contributed by atoms with Gasteiger partial charge in [0, 0.05) is 0 Å². The van der Waals surface area contributed by atoms with E-state index >= 15 is 0 Å². The van der Waals surface area contributed by atoms with Gasteiger partial charge in [-0.2, -0.15) is 4.72 Å². The summed E-state index contributed by atoms with van der Waals surface area (Å²) in [7, 11) is -2.41. The van der Waals surface area contributed by atoms with Crippen LogP contribution in [-0.2, 0) is 14.8 Å². The zero-order valence-electron chi connectivity index (χ0n) is 12.8. The van der Waals surface area contributed by atoms with Crippen LogP contribution in [0.5, 0.6) is 5.75 Å². The van der Waals surface area contributed by atoms with Gasteiger partial charge in [-0.1, -0.05) is 13.8 Å². The average Bonchev–Trinajstić information content (AvgIpc) is 2.37. The highest BCUT2D eigenvalue weighted by Gasteiger charge is 2.29. The lowest BCUT2D eigenvalue weighted by atomic mass is 10.1. The fourth-order valence-corrected chi connectivity index (χ4v) is 3.62. The molecule has 0 aliphatic carbocycles. The molecule has 1 aromatic rings. The highest BCUT2D eigenvalue weighted by atomic mass is 32.2. The molecule has 0 amide bonds. The van der Waals surface area contributed by atoms with Crippen molar-refractivity contribution >= 4 is 16.0 Å². The molecule has 0 aliphatic heterocycles. The Kier molecular flexibility index (Phi) is 5.36. The van der Waals surface area contributed by atoms with Crippen molar-refractivity contribution in [3.05, 3.63) is 23.3 Å². The molecule has 118 valence electrons. The van der Waals surface area contributed by atoms with Crippen LogP contribution in [0.1, 0.15) is 25.0 Å². The number of aliphatic carboxylic acids is 1. The van der Waals surface area contributed by atoms with E-state index in [1.165, 1.54) is 13.2 Å². The molecule has 0 unspecified atom stereocenters. The second-order valence-electron chi connectivity index (χ2n) is 5.27. The molecule has 6 nitrogen and oxygen atoms in total. The van der Waals surface area contributed by atoms with Crippen molar-refractivity contribution in [1.82, 2.24) is 4.72 Å². The van der Waals surface area contributed by atoms with E-state index in [-0.39, 0.29) is 10.8 Å². The van der Waals surface area contributed by atoms with E-state index in [1.807, 2.05) is 0 Å². The van der Waals surface area contributed by atoms with Crippen LogP contribution in [-0.4, -0.2) is 32.6 Å². The van der Waals surface area contributed by atoms with Gasteiger partial charge in [0.2, 0.25) is 10.0 Å². The quantitative estimate of drug-likeness (QED) is 0.833.